The molecule has 0 saturated heterocycles. The minimum absolute atomic E-state index is 0.0291. The summed E-state index contributed by atoms with van der Waals surface area (Å²) in [6, 6.07) is 17.4. The average Bonchev–Trinajstić information content (AvgIpc) is 2.87. The number of carbonyl (C=O) groups is 2. The van der Waals surface area contributed by atoms with Gasteiger partial charge in [0, 0.05) is 12.0 Å². The Labute approximate surface area is 135 Å². The van der Waals surface area contributed by atoms with E-state index in [0.29, 0.717) is 11.1 Å². The van der Waals surface area contributed by atoms with Gasteiger partial charge in [0.05, 0.1) is 11.1 Å². The number of nitrogens with zero attached hydrogens (tertiary/aromatic N) is 1. The molecule has 2 aliphatic rings. The van der Waals surface area contributed by atoms with Crippen LogP contribution in [-0.2, 0) is 0 Å². The molecule has 1 saturated carbocycles. The van der Waals surface area contributed by atoms with Gasteiger partial charge in [-0.2, -0.15) is 0 Å². The Morgan fingerprint density at radius 3 is 1.96 bits per heavy atom. The van der Waals surface area contributed by atoms with Gasteiger partial charge in [0.1, 0.15) is 0 Å². The van der Waals surface area contributed by atoms with Crippen LogP contribution >= 0.6 is 0 Å². The molecule has 23 heavy (non-hydrogen) atoms. The summed E-state index contributed by atoms with van der Waals surface area (Å²) in [5, 5.41) is 0. The second-order valence-corrected chi connectivity index (χ2v) is 6.39. The van der Waals surface area contributed by atoms with Gasteiger partial charge < -0.3 is 0 Å². The quantitative estimate of drug-likeness (QED) is 0.786. The van der Waals surface area contributed by atoms with Crippen molar-refractivity contribution < 1.29 is 9.59 Å². The van der Waals surface area contributed by atoms with Gasteiger partial charge in [-0.3, -0.25) is 14.5 Å². The Bertz CT molecular complexity index is 718. The van der Waals surface area contributed by atoms with Crippen molar-refractivity contribution in [2.45, 2.75) is 37.6 Å². The minimum Gasteiger partial charge on any atom is -0.271 e. The van der Waals surface area contributed by atoms with Crippen molar-refractivity contribution in [2.75, 3.05) is 0 Å². The highest BCUT2D eigenvalue weighted by molar-refractivity contribution is 6.21. The van der Waals surface area contributed by atoms with Crippen molar-refractivity contribution in [3.63, 3.8) is 0 Å². The maximum Gasteiger partial charge on any atom is 0.261 e. The molecule has 3 heteroatoms. The molecule has 1 aliphatic heterocycles. The predicted octanol–water partition coefficient (Wildman–Crippen LogP) is 4.01. The number of benzene rings is 2. The SMILES string of the molecule is O=C1c2ccccc2C(=O)N1[C@@H]1CCCC[C@H]1c1ccccc1. The smallest absolute Gasteiger partial charge is 0.261 e. The van der Waals surface area contributed by atoms with Gasteiger partial charge >= 0.3 is 0 Å². The Kier molecular flexibility index (Phi) is 3.49. The Hall–Kier alpha value is -2.42. The largest absolute Gasteiger partial charge is 0.271 e. The maximum atomic E-state index is 12.8. The first-order chi connectivity index (χ1) is 11.3. The van der Waals surface area contributed by atoms with Crippen LogP contribution in [0.2, 0.25) is 0 Å². The first-order valence-electron chi connectivity index (χ1n) is 8.29. The fourth-order valence-corrected chi connectivity index (χ4v) is 4.02. The first-order valence-corrected chi connectivity index (χ1v) is 8.29. The van der Waals surface area contributed by atoms with Crippen LogP contribution < -0.4 is 0 Å². The summed E-state index contributed by atoms with van der Waals surface area (Å²) in [4.78, 5) is 27.1. The van der Waals surface area contributed by atoms with Crippen LogP contribution in [0.4, 0.5) is 0 Å². The summed E-state index contributed by atoms with van der Waals surface area (Å²) >= 11 is 0. The molecular formula is C20H19NO2. The molecule has 1 fully saturated rings. The highest BCUT2D eigenvalue weighted by Gasteiger charge is 2.43. The van der Waals surface area contributed by atoms with Gasteiger partial charge in [-0.25, -0.2) is 0 Å². The number of hydrogen-bond donors (Lipinski definition) is 0. The monoisotopic (exact) mass is 305 g/mol. The third kappa shape index (κ3) is 2.27. The number of carbonyl (C=O) groups excluding carboxylic acids is 2. The van der Waals surface area contributed by atoms with E-state index in [1.165, 1.54) is 10.5 Å². The summed E-state index contributed by atoms with van der Waals surface area (Å²) in [6.45, 7) is 0. The predicted molar refractivity (Wildman–Crippen MR) is 88.4 cm³/mol. The Balaban J connectivity index is 1.71. The van der Waals surface area contributed by atoms with E-state index in [1.54, 1.807) is 12.1 Å². The molecule has 2 atom stereocenters. The van der Waals surface area contributed by atoms with Crippen LogP contribution in [0.5, 0.6) is 0 Å². The lowest BCUT2D eigenvalue weighted by Crippen LogP contribution is -2.44. The number of rotatable bonds is 2. The second kappa shape index (κ2) is 5.65. The normalized spacial score (nSPS) is 23.9. The number of amides is 2. The second-order valence-electron chi connectivity index (χ2n) is 6.39. The van der Waals surface area contributed by atoms with Gasteiger partial charge in [0.2, 0.25) is 0 Å². The molecule has 0 radical (unpaired) electrons. The van der Waals surface area contributed by atoms with Crippen LogP contribution in [-0.4, -0.2) is 22.8 Å². The minimum atomic E-state index is -0.126. The van der Waals surface area contributed by atoms with E-state index in [0.717, 1.165) is 25.7 Å². The van der Waals surface area contributed by atoms with Gasteiger partial charge in [0.15, 0.2) is 0 Å². The van der Waals surface area contributed by atoms with Gasteiger partial charge in [0.25, 0.3) is 11.8 Å². The number of fused-ring (bicyclic) bond motifs is 1. The molecule has 4 rings (SSSR count). The molecule has 2 aromatic rings. The van der Waals surface area contributed by atoms with E-state index in [-0.39, 0.29) is 23.8 Å². The fraction of sp³-hybridized carbons (Fsp3) is 0.300. The Morgan fingerprint density at radius 1 is 0.739 bits per heavy atom. The van der Waals surface area contributed by atoms with Gasteiger partial charge in [-0.05, 0) is 30.5 Å². The van der Waals surface area contributed by atoms with E-state index in [2.05, 4.69) is 12.1 Å². The lowest BCUT2D eigenvalue weighted by Gasteiger charge is -2.37. The zero-order chi connectivity index (χ0) is 15.8. The van der Waals surface area contributed by atoms with Crippen LogP contribution in [0.25, 0.3) is 0 Å². The molecule has 0 spiro atoms. The van der Waals surface area contributed by atoms with E-state index in [4.69, 9.17) is 0 Å². The van der Waals surface area contributed by atoms with Gasteiger partial charge in [-0.15, -0.1) is 0 Å². The summed E-state index contributed by atoms with van der Waals surface area (Å²) in [6.07, 6.45) is 4.15. The molecule has 0 unspecified atom stereocenters. The molecular weight excluding hydrogens is 286 g/mol. The Morgan fingerprint density at radius 2 is 1.30 bits per heavy atom. The van der Waals surface area contributed by atoms with Crippen molar-refractivity contribution in [1.82, 2.24) is 4.90 Å². The van der Waals surface area contributed by atoms with Crippen molar-refractivity contribution in [1.29, 1.82) is 0 Å². The third-order valence-electron chi connectivity index (χ3n) is 5.11. The van der Waals surface area contributed by atoms with Crippen LogP contribution in [0.3, 0.4) is 0 Å². The fourth-order valence-electron chi connectivity index (χ4n) is 4.02. The number of hydrogen-bond acceptors (Lipinski definition) is 2. The maximum absolute atomic E-state index is 12.8. The molecule has 0 bridgehead atoms. The summed E-state index contributed by atoms with van der Waals surface area (Å²) in [7, 11) is 0. The van der Waals surface area contributed by atoms with E-state index in [9.17, 15) is 9.59 Å². The number of imide groups is 1. The summed E-state index contributed by atoms with van der Waals surface area (Å²) in [5.41, 5.74) is 2.33. The standard InChI is InChI=1S/C20H19NO2/c22-19-16-11-4-5-12-17(16)20(23)21(19)18-13-7-6-10-15(18)14-8-2-1-3-9-14/h1-5,8-9,11-12,15,18H,6-7,10,13H2/t15-,18+/m0/s1. The molecule has 0 N–H and O–H groups in total. The van der Waals surface area contributed by atoms with E-state index >= 15 is 0 Å². The molecule has 2 aromatic carbocycles. The molecule has 1 heterocycles. The highest BCUT2D eigenvalue weighted by atomic mass is 16.2. The summed E-state index contributed by atoms with van der Waals surface area (Å²) in [5.74, 6) is -0.0102. The zero-order valence-electron chi connectivity index (χ0n) is 12.9. The van der Waals surface area contributed by atoms with E-state index in [1.807, 2.05) is 30.3 Å². The van der Waals surface area contributed by atoms with Crippen molar-refractivity contribution in [2.24, 2.45) is 0 Å². The summed E-state index contributed by atoms with van der Waals surface area (Å²) < 4.78 is 0. The lowest BCUT2D eigenvalue weighted by molar-refractivity contribution is 0.0523. The molecule has 0 aromatic heterocycles. The van der Waals surface area contributed by atoms with Gasteiger partial charge in [-0.1, -0.05) is 55.3 Å². The molecule has 116 valence electrons. The van der Waals surface area contributed by atoms with Crippen LogP contribution in [0.15, 0.2) is 54.6 Å². The molecule has 2 amide bonds. The average molecular weight is 305 g/mol. The third-order valence-corrected chi connectivity index (χ3v) is 5.11. The van der Waals surface area contributed by atoms with Crippen LogP contribution in [0.1, 0.15) is 57.9 Å². The van der Waals surface area contributed by atoms with Crippen molar-refractivity contribution in [3.8, 4) is 0 Å². The topological polar surface area (TPSA) is 37.4 Å². The van der Waals surface area contributed by atoms with Crippen molar-refractivity contribution in [3.05, 3.63) is 71.3 Å². The highest BCUT2D eigenvalue weighted by Crippen LogP contribution is 2.39. The lowest BCUT2D eigenvalue weighted by atomic mass is 9.79. The zero-order valence-corrected chi connectivity index (χ0v) is 12.9. The molecule has 3 nitrogen and oxygen atoms in total. The van der Waals surface area contributed by atoms with E-state index < -0.39 is 0 Å². The van der Waals surface area contributed by atoms with Crippen LogP contribution in [0, 0.1) is 0 Å². The molecule has 1 aliphatic carbocycles. The van der Waals surface area contributed by atoms with Crippen molar-refractivity contribution >= 4 is 11.8 Å². The first kappa shape index (κ1) is 14.2.